The van der Waals surface area contributed by atoms with Crippen molar-refractivity contribution in [1.82, 2.24) is 4.90 Å². The number of carbonyl (C=O) groups is 1. The molecule has 8 heteroatoms. The molecule has 1 saturated heterocycles. The largest absolute Gasteiger partial charge is 0.504 e. The Bertz CT molecular complexity index is 1060. The molecule has 4 rings (SSSR count). The van der Waals surface area contributed by atoms with Crippen LogP contribution in [-0.2, 0) is 10.5 Å². The number of fused-ring (bicyclic) bond motifs is 1. The lowest BCUT2D eigenvalue weighted by molar-refractivity contribution is -0.149. The zero-order chi connectivity index (χ0) is 20.8. The van der Waals surface area contributed by atoms with Crippen molar-refractivity contribution in [3.8, 4) is 17.6 Å². The SMILES string of the molecule is COc1cc([C@@H]2CC(=O)N3C(=C2C#N)SC[C@]3(O)c2ccc(Cl)cc2)ccc1O. The van der Waals surface area contributed by atoms with Crippen LogP contribution in [0.1, 0.15) is 23.5 Å². The monoisotopic (exact) mass is 428 g/mol. The first-order valence-corrected chi connectivity index (χ1v) is 10.2. The van der Waals surface area contributed by atoms with E-state index in [0.717, 1.165) is 0 Å². The van der Waals surface area contributed by atoms with Crippen molar-refractivity contribution in [1.29, 1.82) is 5.26 Å². The van der Waals surface area contributed by atoms with Gasteiger partial charge in [0.25, 0.3) is 0 Å². The average Bonchev–Trinajstić information content (AvgIpc) is 3.08. The number of aliphatic hydroxyl groups is 1. The second-order valence-electron chi connectivity index (χ2n) is 6.86. The highest BCUT2D eigenvalue weighted by atomic mass is 35.5. The van der Waals surface area contributed by atoms with Gasteiger partial charge in [0.05, 0.1) is 29.5 Å². The van der Waals surface area contributed by atoms with Gasteiger partial charge in [-0.25, -0.2) is 0 Å². The Morgan fingerprint density at radius 1 is 1.31 bits per heavy atom. The fraction of sp³-hybridized carbons (Fsp3) is 0.238. The van der Waals surface area contributed by atoms with Gasteiger partial charge in [-0.2, -0.15) is 5.26 Å². The lowest BCUT2D eigenvalue weighted by atomic mass is 9.85. The zero-order valence-corrected chi connectivity index (χ0v) is 17.0. The van der Waals surface area contributed by atoms with E-state index in [1.165, 1.54) is 29.8 Å². The highest BCUT2D eigenvalue weighted by molar-refractivity contribution is 8.03. The number of aromatic hydroxyl groups is 1. The van der Waals surface area contributed by atoms with Crippen molar-refractivity contribution >= 4 is 29.3 Å². The molecule has 0 radical (unpaired) electrons. The minimum absolute atomic E-state index is 0.0153. The molecular weight excluding hydrogens is 412 g/mol. The van der Waals surface area contributed by atoms with Gasteiger partial charge in [0, 0.05) is 22.9 Å². The Balaban J connectivity index is 1.80. The molecule has 0 bridgehead atoms. The molecule has 6 nitrogen and oxygen atoms in total. The van der Waals surface area contributed by atoms with Crippen molar-refractivity contribution in [3.63, 3.8) is 0 Å². The quantitative estimate of drug-likeness (QED) is 0.774. The first kappa shape index (κ1) is 19.6. The molecule has 2 aliphatic heterocycles. The van der Waals surface area contributed by atoms with Crippen molar-refractivity contribution in [2.75, 3.05) is 12.9 Å². The molecule has 2 aromatic carbocycles. The summed E-state index contributed by atoms with van der Waals surface area (Å²) in [5.41, 5.74) is 0.104. The molecule has 1 fully saturated rings. The van der Waals surface area contributed by atoms with Crippen LogP contribution in [0.2, 0.25) is 5.02 Å². The topological polar surface area (TPSA) is 93.8 Å². The number of thioether (sulfide) groups is 1. The van der Waals surface area contributed by atoms with Gasteiger partial charge in [-0.3, -0.25) is 9.69 Å². The molecule has 0 aliphatic carbocycles. The number of phenolic OH excluding ortho intramolecular Hbond substituents is 1. The standard InChI is InChI=1S/C21H17ClN2O4S/c1-28-18-8-12(2-7-17(18)25)15-9-19(26)24-20(16(15)10-23)29-11-21(24,27)13-3-5-14(22)6-4-13/h2-8,15,25,27H,9,11H2,1H3/t15-,21-/m0/s1. The third-order valence-corrected chi connectivity index (χ3v) is 6.70. The summed E-state index contributed by atoms with van der Waals surface area (Å²) in [6.07, 6.45) is 0.0246. The highest BCUT2D eigenvalue weighted by Crippen LogP contribution is 2.52. The van der Waals surface area contributed by atoms with E-state index in [4.69, 9.17) is 16.3 Å². The number of methoxy groups -OCH3 is 1. The second kappa shape index (κ2) is 7.30. The van der Waals surface area contributed by atoms with Crippen LogP contribution in [0.5, 0.6) is 11.5 Å². The van der Waals surface area contributed by atoms with Gasteiger partial charge in [0.15, 0.2) is 17.2 Å². The summed E-state index contributed by atoms with van der Waals surface area (Å²) in [4.78, 5) is 14.4. The molecule has 148 valence electrons. The maximum absolute atomic E-state index is 13.1. The number of hydrogen-bond acceptors (Lipinski definition) is 6. The van der Waals surface area contributed by atoms with Crippen LogP contribution in [0.15, 0.2) is 53.1 Å². The van der Waals surface area contributed by atoms with Crippen molar-refractivity contribution in [2.24, 2.45) is 0 Å². The van der Waals surface area contributed by atoms with E-state index < -0.39 is 11.6 Å². The predicted octanol–water partition coefficient (Wildman–Crippen LogP) is 3.70. The van der Waals surface area contributed by atoms with Gasteiger partial charge >= 0.3 is 0 Å². The number of rotatable bonds is 3. The average molecular weight is 429 g/mol. The third-order valence-electron chi connectivity index (χ3n) is 5.22. The van der Waals surface area contributed by atoms with Crippen LogP contribution >= 0.6 is 23.4 Å². The minimum atomic E-state index is -1.54. The number of carbonyl (C=O) groups excluding carboxylic acids is 1. The Morgan fingerprint density at radius 3 is 2.69 bits per heavy atom. The summed E-state index contributed by atoms with van der Waals surface area (Å²) in [6, 6.07) is 13.7. The number of amides is 1. The zero-order valence-electron chi connectivity index (χ0n) is 15.4. The van der Waals surface area contributed by atoms with Crippen molar-refractivity contribution < 1.29 is 19.7 Å². The summed E-state index contributed by atoms with van der Waals surface area (Å²) < 4.78 is 5.16. The summed E-state index contributed by atoms with van der Waals surface area (Å²) >= 11 is 7.23. The smallest absolute Gasteiger partial charge is 0.231 e. The van der Waals surface area contributed by atoms with E-state index in [-0.39, 0.29) is 29.6 Å². The maximum atomic E-state index is 13.1. The van der Waals surface area contributed by atoms with Gasteiger partial charge in [-0.1, -0.05) is 29.8 Å². The normalized spacial score (nSPS) is 23.7. The molecular formula is C21H17ClN2O4S. The van der Waals surface area contributed by atoms with Gasteiger partial charge in [-0.15, -0.1) is 11.8 Å². The second-order valence-corrected chi connectivity index (χ2v) is 8.26. The molecule has 2 atom stereocenters. The van der Waals surface area contributed by atoms with Gasteiger partial charge < -0.3 is 14.9 Å². The molecule has 2 N–H and O–H groups in total. The Kier molecular flexibility index (Phi) is 4.95. The highest BCUT2D eigenvalue weighted by Gasteiger charge is 2.51. The third kappa shape index (κ3) is 3.14. The van der Waals surface area contributed by atoms with Crippen LogP contribution in [-0.4, -0.2) is 33.9 Å². The maximum Gasteiger partial charge on any atom is 0.231 e. The van der Waals surface area contributed by atoms with Crippen molar-refractivity contribution in [2.45, 2.75) is 18.1 Å². The fourth-order valence-electron chi connectivity index (χ4n) is 3.75. The molecule has 2 aromatic rings. The summed E-state index contributed by atoms with van der Waals surface area (Å²) in [7, 11) is 1.44. The summed E-state index contributed by atoms with van der Waals surface area (Å²) in [5.74, 6) is -0.284. The number of allylic oxidation sites excluding steroid dienone is 1. The first-order valence-electron chi connectivity index (χ1n) is 8.84. The van der Waals surface area contributed by atoms with E-state index in [0.29, 0.717) is 26.8 Å². The van der Waals surface area contributed by atoms with Crippen LogP contribution in [0.3, 0.4) is 0 Å². The van der Waals surface area contributed by atoms with Crippen LogP contribution in [0, 0.1) is 11.3 Å². The van der Waals surface area contributed by atoms with Gasteiger partial charge in [0.1, 0.15) is 0 Å². The number of nitrogens with zero attached hydrogens (tertiary/aromatic N) is 2. The molecule has 0 spiro atoms. The molecule has 2 heterocycles. The molecule has 29 heavy (non-hydrogen) atoms. The van der Waals surface area contributed by atoms with Crippen molar-refractivity contribution in [3.05, 3.63) is 69.2 Å². The Morgan fingerprint density at radius 2 is 2.03 bits per heavy atom. The lowest BCUT2D eigenvalue weighted by Gasteiger charge is -2.38. The summed E-state index contributed by atoms with van der Waals surface area (Å²) in [6.45, 7) is 0. The van der Waals surface area contributed by atoms with Gasteiger partial charge in [0.2, 0.25) is 5.91 Å². The van der Waals surface area contributed by atoms with Gasteiger partial charge in [-0.05, 0) is 29.8 Å². The number of halogens is 1. The fourth-order valence-corrected chi connectivity index (χ4v) is 5.24. The number of nitriles is 1. The van der Waals surface area contributed by atoms with Crippen LogP contribution < -0.4 is 4.74 Å². The van der Waals surface area contributed by atoms with E-state index in [2.05, 4.69) is 6.07 Å². The number of ether oxygens (including phenoxy) is 1. The number of benzene rings is 2. The van der Waals surface area contributed by atoms with E-state index in [1.54, 1.807) is 36.4 Å². The van der Waals surface area contributed by atoms with E-state index >= 15 is 0 Å². The van der Waals surface area contributed by atoms with E-state index in [1.807, 2.05) is 0 Å². The molecule has 0 unspecified atom stereocenters. The Hall–Kier alpha value is -2.66. The molecule has 1 amide bonds. The molecule has 0 saturated carbocycles. The first-order chi connectivity index (χ1) is 13.9. The number of phenols is 1. The van der Waals surface area contributed by atoms with Crippen LogP contribution in [0.25, 0.3) is 0 Å². The number of hydrogen-bond donors (Lipinski definition) is 2. The van der Waals surface area contributed by atoms with Crippen LogP contribution in [0.4, 0.5) is 0 Å². The molecule has 2 aliphatic rings. The predicted molar refractivity (Wildman–Crippen MR) is 109 cm³/mol. The minimum Gasteiger partial charge on any atom is -0.504 e. The summed E-state index contributed by atoms with van der Waals surface area (Å²) in [5, 5.41) is 32.1. The molecule has 0 aromatic heterocycles. The lowest BCUT2D eigenvalue weighted by Crippen LogP contribution is -2.48. The Labute approximate surface area is 177 Å². The van der Waals surface area contributed by atoms with E-state index in [9.17, 15) is 20.3 Å².